The van der Waals surface area contributed by atoms with Crippen molar-refractivity contribution < 1.29 is 58.4 Å². The van der Waals surface area contributed by atoms with Crippen LogP contribution in [0, 0.1) is 5.82 Å². The fourth-order valence-electron chi connectivity index (χ4n) is 17.1. The van der Waals surface area contributed by atoms with Crippen LogP contribution in [-0.2, 0) is 47.3 Å². The van der Waals surface area contributed by atoms with Gasteiger partial charge in [0.25, 0.3) is 0 Å². The van der Waals surface area contributed by atoms with Crippen LogP contribution in [0.5, 0.6) is 0 Å². The molecule has 664 valence electrons. The second-order valence-electron chi connectivity index (χ2n) is 32.6. The maximum Gasteiger partial charge on any atom is 0.324 e. The van der Waals surface area contributed by atoms with Gasteiger partial charge >= 0.3 is 18.1 Å². The Morgan fingerprint density at radius 3 is 0.961 bits per heavy atom. The highest BCUT2D eigenvalue weighted by Crippen LogP contribution is 2.44. The van der Waals surface area contributed by atoms with E-state index in [1.165, 1.54) is 84.1 Å². The predicted molar refractivity (Wildman–Crippen MR) is 493 cm³/mol. The van der Waals surface area contributed by atoms with Gasteiger partial charge in [-0.05, 0) is 128 Å². The number of rotatable bonds is 24. The number of nitrogens with zero attached hydrogens (tertiary/aromatic N) is 13. The minimum atomic E-state index is -0.582. The van der Waals surface area contributed by atoms with E-state index in [0.717, 1.165) is 75.1 Å². The van der Waals surface area contributed by atoms with Gasteiger partial charge in [0.05, 0.1) is 38.0 Å². The van der Waals surface area contributed by atoms with Gasteiger partial charge in [-0.25, -0.2) is 58.6 Å². The second-order valence-corrected chi connectivity index (χ2v) is 33.4. The number of anilines is 4. The van der Waals surface area contributed by atoms with Crippen LogP contribution in [0.15, 0.2) is 274 Å². The van der Waals surface area contributed by atoms with Crippen molar-refractivity contribution in [1.29, 1.82) is 0 Å². The summed E-state index contributed by atoms with van der Waals surface area (Å²) in [4.78, 5) is 130. The molecule has 4 fully saturated rings. The van der Waals surface area contributed by atoms with Crippen molar-refractivity contribution in [2.75, 3.05) is 106 Å². The van der Waals surface area contributed by atoms with E-state index in [9.17, 15) is 38.0 Å². The first kappa shape index (κ1) is 93.4. The van der Waals surface area contributed by atoms with E-state index in [0.29, 0.717) is 116 Å². The summed E-state index contributed by atoms with van der Waals surface area (Å²) >= 11 is 12.0. The Hall–Kier alpha value is -13.3. The van der Waals surface area contributed by atoms with Gasteiger partial charge in [-0.2, -0.15) is 0 Å². The zero-order chi connectivity index (χ0) is 90.8. The molecule has 8 heterocycles. The molecule has 0 aliphatic carbocycles. The first-order valence-electron chi connectivity index (χ1n) is 42.8. The molecule has 8 aromatic carbocycles. The van der Waals surface area contributed by atoms with Crippen molar-refractivity contribution in [1.82, 2.24) is 54.6 Å². The number of ketones is 4. The Kier molecular flexibility index (Phi) is 32.2. The van der Waals surface area contributed by atoms with Gasteiger partial charge in [0, 0.05) is 173 Å². The number of aromatic nitrogens is 8. The quantitative estimate of drug-likeness (QED) is 0.0306. The van der Waals surface area contributed by atoms with E-state index >= 15 is 0 Å². The van der Waals surface area contributed by atoms with E-state index in [-0.39, 0.29) is 62.4 Å². The van der Waals surface area contributed by atoms with Crippen molar-refractivity contribution in [3.8, 4) is 0 Å². The number of para-hydroxylation sites is 3. The molecule has 12 aromatic rings. The number of carbonyl (C=O) groups excluding carboxylic acids is 7. The number of hydrogen-bond acceptors (Lipinski definition) is 20. The van der Waals surface area contributed by atoms with Crippen LogP contribution in [-0.4, -0.2) is 202 Å². The summed E-state index contributed by atoms with van der Waals surface area (Å²) in [6.07, 6.45) is 20.7. The second kappa shape index (κ2) is 44.4. The molecule has 4 aliphatic rings. The van der Waals surface area contributed by atoms with Crippen molar-refractivity contribution in [3.05, 3.63) is 358 Å². The van der Waals surface area contributed by atoms with Crippen molar-refractivity contribution in [2.24, 2.45) is 0 Å². The molecule has 0 saturated carbocycles. The van der Waals surface area contributed by atoms with Crippen LogP contribution in [0.4, 0.5) is 41.5 Å². The number of carbonyl (C=O) groups is 7. The fourth-order valence-corrected chi connectivity index (χ4v) is 17.4. The lowest BCUT2D eigenvalue weighted by atomic mass is 9.70. The van der Waals surface area contributed by atoms with E-state index in [1.54, 1.807) is 52.1 Å². The first-order chi connectivity index (χ1) is 62.6. The van der Waals surface area contributed by atoms with Crippen LogP contribution in [0.1, 0.15) is 138 Å². The third-order valence-corrected chi connectivity index (χ3v) is 25.5. The molecule has 4 saturated heterocycles. The average Bonchev–Trinajstić information content (AvgIpc) is 0.793. The molecule has 0 unspecified atom stereocenters. The molecule has 0 atom stereocenters. The van der Waals surface area contributed by atoms with Crippen molar-refractivity contribution in [2.45, 2.75) is 98.7 Å². The average molecular weight is 1780 g/mol. The molecule has 29 heteroatoms. The largest absolute Gasteiger partial charge is 0.388 e. The molecule has 0 bridgehead atoms. The molecule has 4 aliphatic heterocycles. The van der Waals surface area contributed by atoms with Crippen LogP contribution in [0.25, 0.3) is 0 Å². The Bertz CT molecular complexity index is 5710. The summed E-state index contributed by atoms with van der Waals surface area (Å²) < 4.78 is 13.9. The summed E-state index contributed by atoms with van der Waals surface area (Å²) in [5.74, 6) is 0.538. The van der Waals surface area contributed by atoms with Gasteiger partial charge in [-0.3, -0.25) is 24.1 Å². The minimum absolute atomic E-state index is 0.00835. The Morgan fingerprint density at radius 1 is 0.357 bits per heavy atom. The number of piperidine rings is 4. The molecular weight excluding hydrogens is 1680 g/mol. The maximum atomic E-state index is 13.9. The molecule has 6 N–H and O–H groups in total. The van der Waals surface area contributed by atoms with Gasteiger partial charge in [0.1, 0.15) is 55.5 Å². The molecule has 26 nitrogen and oxygen atoms in total. The van der Waals surface area contributed by atoms with Gasteiger partial charge in [-0.15, -0.1) is 0 Å². The SMILES string of the molecule is CN(C(=O)N1CCC(Cc2ncc(C(=O)CO)cn2)(c2ccccc2)CC1)c1ccccc1.O=C(CO)c1cnc(CC2(c3ccccc3)CCN(C(=O)Nc3ccc(Cl)c(Cl)c3)CC2)nc1.O=C(CO)c1cnc(CC2(c3ccccc3)CCN(C(=O)Nc3ccccc3F)CC2)nc1.O=C(CO)c1cnc(CC2(c3ccccc3)CCN(c3ccccc3)CC2)nc1. The number of aliphatic hydroxyl groups is 4. The van der Waals surface area contributed by atoms with Crippen molar-refractivity contribution in [3.63, 3.8) is 0 Å². The van der Waals surface area contributed by atoms with Crippen LogP contribution in [0.2, 0.25) is 10.0 Å². The molecule has 6 amide bonds. The molecule has 16 rings (SSSR count). The van der Waals surface area contributed by atoms with Gasteiger partial charge in [-0.1, -0.05) is 193 Å². The lowest BCUT2D eigenvalue weighted by Crippen LogP contribution is -2.50. The molecule has 129 heavy (non-hydrogen) atoms. The van der Waals surface area contributed by atoms with E-state index in [2.05, 4.69) is 140 Å². The predicted octanol–water partition coefficient (Wildman–Crippen LogP) is 15.3. The van der Waals surface area contributed by atoms with Crippen LogP contribution >= 0.6 is 23.2 Å². The number of likely N-dealkylation sites (tertiary alicyclic amines) is 3. The Morgan fingerprint density at radius 2 is 0.643 bits per heavy atom. The van der Waals surface area contributed by atoms with E-state index < -0.39 is 49.6 Å². The third kappa shape index (κ3) is 23.9. The lowest BCUT2D eigenvalue weighted by Gasteiger charge is -2.43. The summed E-state index contributed by atoms with van der Waals surface area (Å²) in [5, 5.41) is 42.5. The number of nitrogens with one attached hydrogen (secondary N) is 2. The molecule has 0 radical (unpaired) electrons. The highest BCUT2D eigenvalue weighted by Gasteiger charge is 2.43. The summed E-state index contributed by atoms with van der Waals surface area (Å²) in [7, 11) is 1.81. The topological polar surface area (TPSA) is 344 Å². The Labute approximate surface area is 758 Å². The molecular formula is C100H102Cl2FN15O11. The van der Waals surface area contributed by atoms with Crippen LogP contribution < -0.4 is 20.4 Å². The highest BCUT2D eigenvalue weighted by molar-refractivity contribution is 6.42. The highest BCUT2D eigenvalue weighted by atomic mass is 35.5. The summed E-state index contributed by atoms with van der Waals surface area (Å²) in [6, 6.07) is 71.9. The molecule has 4 aromatic heterocycles. The zero-order valence-corrected chi connectivity index (χ0v) is 73.1. The number of benzene rings is 8. The number of amides is 6. The molecule has 0 spiro atoms. The van der Waals surface area contributed by atoms with Crippen LogP contribution in [0.3, 0.4) is 0 Å². The minimum Gasteiger partial charge on any atom is -0.388 e. The maximum absolute atomic E-state index is 13.9. The lowest BCUT2D eigenvalue weighted by molar-refractivity contribution is 0.0897. The fraction of sp³-hybridized carbons (Fsp3) is 0.290. The van der Waals surface area contributed by atoms with Crippen molar-refractivity contribution >= 4 is 87.2 Å². The van der Waals surface area contributed by atoms with Gasteiger partial charge in [0.2, 0.25) is 0 Å². The zero-order valence-electron chi connectivity index (χ0n) is 71.5. The first-order valence-corrected chi connectivity index (χ1v) is 43.6. The standard InChI is InChI=1S/C26H28N4O3.C25H24Cl2N4O3.C25H25FN4O3.C24H25N3O2/c1-29(22-10-6-3-7-11-22)25(33)30-14-12-26(13-15-30,21-8-4-2-5-9-21)16-24-27-17-20(18-28-24)23(32)19-31;26-20-7-6-19(12-21(20)27)30-24(34)31-10-8-25(9-11-31,18-4-2-1-3-5-18)13-23-28-14-17(15-29-23)22(33)16-32;26-20-8-4-5-9-21(20)29-24(33)30-12-10-25(11-13-30,19-6-2-1-3-7-19)14-23-27-15-18(16-28-23)22(32)17-31;28-18-22(29)19-16-25-23(26-17-19)15-24(20-7-3-1-4-8-20)11-13-27(14-12-24)21-9-5-2-6-10-21/h2-11,17-18,31H,12-16,19H2,1H3;1-7,12,14-15,32H,8-11,13,16H2,(H,30,34);1-9,15-16,31H,10-14,17H2,(H,29,33);1-10,16-17,28H,11-15,18H2. The Balaban J connectivity index is 0.000000147. The van der Waals surface area contributed by atoms with Gasteiger partial charge < -0.3 is 50.7 Å². The smallest absolute Gasteiger partial charge is 0.324 e. The number of halogens is 3. The number of Topliss-reactive ketones (excluding diaryl/α,β-unsaturated/α-hetero) is 4. The van der Waals surface area contributed by atoms with E-state index in [1.807, 2.05) is 102 Å². The summed E-state index contributed by atoms with van der Waals surface area (Å²) in [6.45, 7) is 3.08. The number of aliphatic hydroxyl groups excluding tert-OH is 4. The van der Waals surface area contributed by atoms with Gasteiger partial charge in [0.15, 0.2) is 23.1 Å². The summed E-state index contributed by atoms with van der Waals surface area (Å²) in [5.41, 5.74) is 8.15. The normalized spacial score (nSPS) is 15.3. The van der Waals surface area contributed by atoms with E-state index in [4.69, 9.17) is 43.6 Å². The number of hydrogen-bond donors (Lipinski definition) is 6. The monoisotopic (exact) mass is 1780 g/mol. The number of urea groups is 3. The third-order valence-electron chi connectivity index (χ3n) is 24.8.